The average molecular weight is 195 g/mol. The second kappa shape index (κ2) is 7.80. The van der Waals surface area contributed by atoms with E-state index in [0.29, 0.717) is 12.5 Å². The van der Waals surface area contributed by atoms with E-state index in [2.05, 4.69) is 5.43 Å². The van der Waals surface area contributed by atoms with Crippen LogP contribution in [-0.4, -0.2) is 24.6 Å². The minimum atomic E-state index is 0.228. The molecule has 0 amide bonds. The molecule has 0 bridgehead atoms. The van der Waals surface area contributed by atoms with Crippen LogP contribution in [0.5, 0.6) is 0 Å². The fourth-order valence-corrected chi connectivity index (χ4v) is 1.00. The van der Waals surface area contributed by atoms with Gasteiger partial charge in [0.05, 0.1) is 12.7 Å². The Bertz CT molecular complexity index is 101. The average Bonchev–Trinajstić information content (AvgIpc) is 2.05. The summed E-state index contributed by atoms with van der Waals surface area (Å²) < 4.78 is 5.41. The predicted molar refractivity (Wildman–Crippen MR) is 52.2 cm³/mol. The van der Waals surface area contributed by atoms with Crippen LogP contribution >= 0.6 is 11.6 Å². The summed E-state index contributed by atoms with van der Waals surface area (Å²) in [6, 6.07) is 0.228. The van der Waals surface area contributed by atoms with E-state index >= 15 is 0 Å². The van der Waals surface area contributed by atoms with Gasteiger partial charge in [-0.15, -0.1) is 11.6 Å². The Kier molecular flexibility index (Phi) is 7.91. The Labute approximate surface area is 79.6 Å². The molecule has 1 unspecified atom stereocenters. The van der Waals surface area contributed by atoms with Crippen molar-refractivity contribution in [2.75, 3.05) is 12.5 Å². The van der Waals surface area contributed by atoms with E-state index in [4.69, 9.17) is 22.2 Å². The maximum absolute atomic E-state index is 5.56. The fraction of sp³-hybridized carbons (Fsp3) is 1.00. The minimum absolute atomic E-state index is 0.228. The lowest BCUT2D eigenvalue weighted by atomic mass is 10.2. The topological polar surface area (TPSA) is 47.3 Å². The molecule has 0 aromatic heterocycles. The van der Waals surface area contributed by atoms with Gasteiger partial charge in [0, 0.05) is 11.9 Å². The van der Waals surface area contributed by atoms with Crippen molar-refractivity contribution in [3.8, 4) is 0 Å². The van der Waals surface area contributed by atoms with Crippen molar-refractivity contribution >= 4 is 11.6 Å². The van der Waals surface area contributed by atoms with Gasteiger partial charge in [-0.25, -0.2) is 0 Å². The third-order valence-corrected chi connectivity index (χ3v) is 1.82. The third-order valence-electron chi connectivity index (χ3n) is 1.55. The highest BCUT2D eigenvalue weighted by atomic mass is 35.5. The normalized spacial score (nSPS) is 13.8. The van der Waals surface area contributed by atoms with Gasteiger partial charge in [0.15, 0.2) is 0 Å². The molecule has 0 aliphatic rings. The lowest BCUT2D eigenvalue weighted by Gasteiger charge is -2.16. The molecule has 0 aromatic carbocycles. The number of hydrogen-bond acceptors (Lipinski definition) is 3. The third kappa shape index (κ3) is 6.85. The smallest absolute Gasteiger partial charge is 0.0636 e. The van der Waals surface area contributed by atoms with Crippen LogP contribution in [0.3, 0.4) is 0 Å². The van der Waals surface area contributed by atoms with Gasteiger partial charge >= 0.3 is 0 Å². The molecule has 0 aliphatic heterocycles. The van der Waals surface area contributed by atoms with E-state index in [1.165, 1.54) is 0 Å². The first kappa shape index (κ1) is 12.2. The van der Waals surface area contributed by atoms with Gasteiger partial charge in [-0.1, -0.05) is 0 Å². The highest BCUT2D eigenvalue weighted by Crippen LogP contribution is 2.00. The first-order chi connectivity index (χ1) is 5.70. The highest BCUT2D eigenvalue weighted by Gasteiger charge is 2.06. The molecule has 0 saturated heterocycles. The molecular weight excluding hydrogens is 176 g/mol. The Balaban J connectivity index is 3.39. The van der Waals surface area contributed by atoms with Crippen LogP contribution in [0.4, 0.5) is 0 Å². The molecule has 0 aromatic rings. The van der Waals surface area contributed by atoms with E-state index in [0.717, 1.165) is 12.8 Å². The molecule has 0 saturated carbocycles. The number of halogens is 1. The van der Waals surface area contributed by atoms with Gasteiger partial charge < -0.3 is 4.74 Å². The summed E-state index contributed by atoms with van der Waals surface area (Å²) in [7, 11) is 0. The molecule has 0 heterocycles. The van der Waals surface area contributed by atoms with Gasteiger partial charge in [0.1, 0.15) is 0 Å². The van der Waals surface area contributed by atoms with Crippen LogP contribution in [0.1, 0.15) is 26.7 Å². The van der Waals surface area contributed by atoms with E-state index < -0.39 is 0 Å². The zero-order valence-electron chi connectivity index (χ0n) is 7.85. The van der Waals surface area contributed by atoms with Crippen LogP contribution in [0, 0.1) is 0 Å². The second-order valence-electron chi connectivity index (χ2n) is 3.08. The number of nitrogens with two attached hydrogens (primary N) is 1. The molecule has 0 rings (SSSR count). The summed E-state index contributed by atoms with van der Waals surface area (Å²) in [5.41, 5.74) is 2.71. The summed E-state index contributed by atoms with van der Waals surface area (Å²) in [6.45, 7) is 4.68. The Morgan fingerprint density at radius 3 is 2.58 bits per heavy atom. The molecule has 12 heavy (non-hydrogen) atoms. The van der Waals surface area contributed by atoms with E-state index in [1.807, 2.05) is 13.8 Å². The molecule has 3 nitrogen and oxygen atoms in total. The summed E-state index contributed by atoms with van der Waals surface area (Å²) in [5, 5.41) is 0. The molecule has 74 valence electrons. The van der Waals surface area contributed by atoms with Gasteiger partial charge in [0.2, 0.25) is 0 Å². The lowest BCUT2D eigenvalue weighted by molar-refractivity contribution is 0.0595. The van der Waals surface area contributed by atoms with E-state index in [1.54, 1.807) is 0 Å². The van der Waals surface area contributed by atoms with Crippen molar-refractivity contribution in [3.05, 3.63) is 0 Å². The first-order valence-electron chi connectivity index (χ1n) is 4.34. The quantitative estimate of drug-likeness (QED) is 0.365. The molecule has 3 N–H and O–H groups in total. The Morgan fingerprint density at radius 2 is 2.17 bits per heavy atom. The van der Waals surface area contributed by atoms with Gasteiger partial charge in [-0.05, 0) is 26.7 Å². The number of nitrogens with one attached hydrogen (secondary N) is 1. The second-order valence-corrected chi connectivity index (χ2v) is 3.45. The molecule has 1 atom stereocenters. The first-order valence-corrected chi connectivity index (χ1v) is 4.87. The minimum Gasteiger partial charge on any atom is -0.377 e. The van der Waals surface area contributed by atoms with Crippen LogP contribution in [0.15, 0.2) is 0 Å². The van der Waals surface area contributed by atoms with Crippen LogP contribution in [-0.2, 0) is 4.74 Å². The molecule has 0 fully saturated rings. The fourth-order valence-electron chi connectivity index (χ4n) is 0.847. The Hall–Kier alpha value is 0.170. The van der Waals surface area contributed by atoms with Crippen molar-refractivity contribution in [2.45, 2.75) is 38.8 Å². The number of ether oxygens (including phenoxy) is 1. The van der Waals surface area contributed by atoms with Crippen molar-refractivity contribution in [2.24, 2.45) is 5.84 Å². The van der Waals surface area contributed by atoms with Crippen molar-refractivity contribution in [3.63, 3.8) is 0 Å². The van der Waals surface area contributed by atoms with E-state index in [-0.39, 0.29) is 12.1 Å². The SMILES string of the molecule is CC(C)OCC(CCCCl)NN. The Morgan fingerprint density at radius 1 is 1.50 bits per heavy atom. The van der Waals surface area contributed by atoms with Gasteiger partial charge in [-0.2, -0.15) is 0 Å². The molecular formula is C8H19ClN2O. The number of rotatable bonds is 7. The molecule has 0 aliphatic carbocycles. The number of hydrazine groups is 1. The monoisotopic (exact) mass is 194 g/mol. The molecule has 4 heteroatoms. The standard InChI is InChI=1S/C8H19ClN2O/c1-7(2)12-6-8(11-10)4-3-5-9/h7-8,11H,3-6,10H2,1-2H3. The molecule has 0 radical (unpaired) electrons. The van der Waals surface area contributed by atoms with Crippen LogP contribution < -0.4 is 11.3 Å². The zero-order chi connectivity index (χ0) is 9.40. The molecule has 0 spiro atoms. The van der Waals surface area contributed by atoms with Crippen molar-refractivity contribution in [1.29, 1.82) is 0 Å². The summed E-state index contributed by atoms with van der Waals surface area (Å²) >= 11 is 5.56. The van der Waals surface area contributed by atoms with E-state index in [9.17, 15) is 0 Å². The van der Waals surface area contributed by atoms with Crippen LogP contribution in [0.2, 0.25) is 0 Å². The zero-order valence-corrected chi connectivity index (χ0v) is 8.60. The maximum Gasteiger partial charge on any atom is 0.0636 e. The van der Waals surface area contributed by atoms with Crippen LogP contribution in [0.25, 0.3) is 0 Å². The number of alkyl halides is 1. The largest absolute Gasteiger partial charge is 0.377 e. The van der Waals surface area contributed by atoms with Gasteiger partial charge in [-0.3, -0.25) is 11.3 Å². The summed E-state index contributed by atoms with van der Waals surface area (Å²) in [6.07, 6.45) is 2.20. The summed E-state index contributed by atoms with van der Waals surface area (Å²) in [4.78, 5) is 0. The van der Waals surface area contributed by atoms with Gasteiger partial charge in [0.25, 0.3) is 0 Å². The van der Waals surface area contributed by atoms with Crippen molar-refractivity contribution in [1.82, 2.24) is 5.43 Å². The maximum atomic E-state index is 5.56. The summed E-state index contributed by atoms with van der Waals surface area (Å²) in [5.74, 6) is 6.01. The predicted octanol–water partition coefficient (Wildman–Crippen LogP) is 1.26. The number of hydrogen-bond donors (Lipinski definition) is 2. The lowest BCUT2D eigenvalue weighted by Crippen LogP contribution is -2.39. The highest BCUT2D eigenvalue weighted by molar-refractivity contribution is 6.17. The van der Waals surface area contributed by atoms with Crippen molar-refractivity contribution < 1.29 is 4.74 Å².